The molecule has 0 saturated carbocycles. The third kappa shape index (κ3) is 11.0. The third-order valence-electron chi connectivity index (χ3n) is 8.63. The molecule has 0 aromatic heterocycles. The predicted molar refractivity (Wildman–Crippen MR) is 230 cm³/mol. The molecule has 0 heterocycles. The van der Waals surface area contributed by atoms with Crippen LogP contribution < -0.4 is 0 Å². The van der Waals surface area contributed by atoms with Crippen LogP contribution in [0, 0.1) is 84.9 Å². The lowest BCUT2D eigenvalue weighted by Gasteiger charge is -1.95. The van der Waals surface area contributed by atoms with Gasteiger partial charge >= 0.3 is 0 Å². The van der Waals surface area contributed by atoms with Gasteiger partial charge in [0.25, 0.3) is 0 Å². The molecule has 0 heteroatoms. The van der Waals surface area contributed by atoms with Gasteiger partial charge in [-0.3, -0.25) is 0 Å². The zero-order valence-electron chi connectivity index (χ0n) is 31.2. The normalized spacial score (nSPS) is 9.46. The molecular weight excluding hydrogens is 673 g/mol. The molecule has 0 atom stereocenters. The largest absolute Gasteiger partial charge is 0.0617 e. The maximum Gasteiger partial charge on any atom is 0.0249 e. The Morgan fingerprint density at radius 2 is 0.250 bits per heavy atom. The molecule has 0 amide bonds. The molecule has 0 saturated heterocycles. The summed E-state index contributed by atoms with van der Waals surface area (Å²) in [4.78, 5) is 0. The Balaban J connectivity index is 0.893. The van der Waals surface area contributed by atoms with Gasteiger partial charge in [0.15, 0.2) is 0 Å². The standard InChI is InChI=1S/C56H34/c1-43-3-7-45(8-4-43)11-13-47-15-19-49(20-16-47)23-25-51-27-31-53(32-28-51)35-37-55-39-41-56(42-40-55)38-36-54-33-29-52(30-34-54)26-24-50-21-17-48(18-22-50)14-12-46-9-5-44(2)6-10-46/h3-10,15-22,27-34,39-42H,1-2H3. The minimum Gasteiger partial charge on any atom is -0.0617 e. The topological polar surface area (TPSA) is 0 Å². The molecule has 0 aliphatic carbocycles. The molecule has 0 radical (unpaired) electrons. The SMILES string of the molecule is Cc1ccc(C#Cc2ccc(C#Cc3ccc(C#Cc4ccc(C#Cc5ccc(C#Cc6ccc(C#Cc7ccc(C)cc7)cc6)cc5)cc4)cc3)cc2)cc1. The van der Waals surface area contributed by atoms with Gasteiger partial charge in [-0.2, -0.15) is 0 Å². The van der Waals surface area contributed by atoms with Crippen LogP contribution in [0.15, 0.2) is 170 Å². The molecule has 0 bridgehead atoms. The smallest absolute Gasteiger partial charge is 0.0249 e. The number of hydrogen-bond donors (Lipinski definition) is 0. The van der Waals surface area contributed by atoms with Crippen LogP contribution >= 0.6 is 0 Å². The number of aryl methyl sites for hydroxylation is 2. The molecule has 0 aliphatic heterocycles. The fraction of sp³-hybridized carbons (Fsp3) is 0.0357. The second-order valence-corrected chi connectivity index (χ2v) is 13.1. The summed E-state index contributed by atoms with van der Waals surface area (Å²) in [5, 5.41) is 0. The van der Waals surface area contributed by atoms with Crippen LogP contribution in [0.2, 0.25) is 0 Å². The molecule has 0 N–H and O–H groups in total. The molecule has 0 unspecified atom stereocenters. The fourth-order valence-corrected chi connectivity index (χ4v) is 5.32. The predicted octanol–water partition coefficient (Wildman–Crippen LogP) is 10.7. The summed E-state index contributed by atoms with van der Waals surface area (Å²) in [5.41, 5.74) is 13.9. The Bertz CT molecular complexity index is 2650. The minimum atomic E-state index is 0.930. The van der Waals surface area contributed by atoms with Crippen molar-refractivity contribution in [2.45, 2.75) is 13.8 Å². The van der Waals surface area contributed by atoms with E-state index in [1.807, 2.05) is 146 Å². The lowest BCUT2D eigenvalue weighted by atomic mass is 10.1. The maximum absolute atomic E-state index is 3.25. The van der Waals surface area contributed by atoms with E-state index in [2.05, 4.69) is 109 Å². The van der Waals surface area contributed by atoms with Gasteiger partial charge in [-0.15, -0.1) is 0 Å². The van der Waals surface area contributed by atoms with Crippen molar-refractivity contribution in [3.05, 3.63) is 248 Å². The van der Waals surface area contributed by atoms with Crippen LogP contribution in [-0.4, -0.2) is 0 Å². The summed E-state index contributed by atoms with van der Waals surface area (Å²) in [5.74, 6) is 38.8. The lowest BCUT2D eigenvalue weighted by molar-refractivity contribution is 1.46. The average molecular weight is 707 g/mol. The summed E-state index contributed by atoms with van der Waals surface area (Å²) < 4.78 is 0. The van der Waals surface area contributed by atoms with Crippen molar-refractivity contribution >= 4 is 0 Å². The highest BCUT2D eigenvalue weighted by molar-refractivity contribution is 5.53. The zero-order chi connectivity index (χ0) is 38.4. The Kier molecular flexibility index (Phi) is 11.7. The van der Waals surface area contributed by atoms with Crippen molar-refractivity contribution < 1.29 is 0 Å². The van der Waals surface area contributed by atoms with Gasteiger partial charge in [-0.1, -0.05) is 106 Å². The van der Waals surface area contributed by atoms with Crippen molar-refractivity contribution in [1.29, 1.82) is 0 Å². The third-order valence-corrected chi connectivity index (χ3v) is 8.63. The van der Waals surface area contributed by atoms with E-state index in [4.69, 9.17) is 0 Å². The van der Waals surface area contributed by atoms with Gasteiger partial charge in [-0.25, -0.2) is 0 Å². The van der Waals surface area contributed by atoms with Gasteiger partial charge in [0.2, 0.25) is 0 Å². The Hall–Kier alpha value is -8.10. The first-order valence-electron chi connectivity index (χ1n) is 18.2. The highest BCUT2D eigenvalue weighted by Gasteiger charge is 1.95. The second kappa shape index (κ2) is 18.1. The lowest BCUT2D eigenvalue weighted by Crippen LogP contribution is -1.81. The van der Waals surface area contributed by atoms with Crippen molar-refractivity contribution in [1.82, 2.24) is 0 Å². The summed E-state index contributed by atoms with van der Waals surface area (Å²) in [6, 6.07) is 56.5. The number of benzene rings is 7. The first-order valence-corrected chi connectivity index (χ1v) is 18.2. The van der Waals surface area contributed by atoms with Gasteiger partial charge in [0.05, 0.1) is 0 Å². The second-order valence-electron chi connectivity index (χ2n) is 13.1. The molecule has 0 fully saturated rings. The van der Waals surface area contributed by atoms with E-state index in [0.29, 0.717) is 0 Å². The van der Waals surface area contributed by atoms with E-state index in [1.165, 1.54) is 11.1 Å². The number of hydrogen-bond acceptors (Lipinski definition) is 0. The van der Waals surface area contributed by atoms with Gasteiger partial charge in [0, 0.05) is 66.8 Å². The van der Waals surface area contributed by atoms with E-state index in [1.54, 1.807) is 0 Å². The molecule has 7 aromatic rings. The highest BCUT2D eigenvalue weighted by atomic mass is 14.0. The van der Waals surface area contributed by atoms with Gasteiger partial charge in [-0.05, 0) is 159 Å². The summed E-state index contributed by atoms with van der Waals surface area (Å²) in [7, 11) is 0. The van der Waals surface area contributed by atoms with E-state index >= 15 is 0 Å². The van der Waals surface area contributed by atoms with Crippen molar-refractivity contribution in [3.8, 4) is 71.0 Å². The first-order chi connectivity index (χ1) is 27.5. The van der Waals surface area contributed by atoms with Crippen molar-refractivity contribution in [3.63, 3.8) is 0 Å². The van der Waals surface area contributed by atoms with Crippen LogP contribution in [0.1, 0.15) is 77.9 Å². The van der Waals surface area contributed by atoms with Crippen LogP contribution in [0.5, 0.6) is 0 Å². The van der Waals surface area contributed by atoms with Crippen molar-refractivity contribution in [2.75, 3.05) is 0 Å². The molecule has 56 heavy (non-hydrogen) atoms. The Morgan fingerprint density at radius 3 is 0.357 bits per heavy atom. The molecule has 0 nitrogen and oxygen atoms in total. The van der Waals surface area contributed by atoms with Gasteiger partial charge in [0.1, 0.15) is 0 Å². The van der Waals surface area contributed by atoms with E-state index < -0.39 is 0 Å². The van der Waals surface area contributed by atoms with E-state index in [0.717, 1.165) is 66.8 Å². The molecule has 7 rings (SSSR count). The fourth-order valence-electron chi connectivity index (χ4n) is 5.32. The zero-order valence-corrected chi connectivity index (χ0v) is 31.2. The molecule has 258 valence electrons. The number of rotatable bonds is 0. The monoisotopic (exact) mass is 706 g/mol. The van der Waals surface area contributed by atoms with Crippen LogP contribution in [0.3, 0.4) is 0 Å². The summed E-state index contributed by atoms with van der Waals surface area (Å²) in [6.45, 7) is 4.15. The maximum atomic E-state index is 3.25. The molecular formula is C56H34. The Morgan fingerprint density at radius 1 is 0.161 bits per heavy atom. The van der Waals surface area contributed by atoms with Crippen LogP contribution in [0.4, 0.5) is 0 Å². The molecule has 0 spiro atoms. The first kappa shape index (κ1) is 36.3. The van der Waals surface area contributed by atoms with E-state index in [9.17, 15) is 0 Å². The Labute approximate surface area is 331 Å². The minimum absolute atomic E-state index is 0.930. The summed E-state index contributed by atoms with van der Waals surface area (Å²) >= 11 is 0. The molecule has 7 aromatic carbocycles. The van der Waals surface area contributed by atoms with Crippen LogP contribution in [-0.2, 0) is 0 Å². The van der Waals surface area contributed by atoms with E-state index in [-0.39, 0.29) is 0 Å². The van der Waals surface area contributed by atoms with Crippen molar-refractivity contribution in [2.24, 2.45) is 0 Å². The van der Waals surface area contributed by atoms with Crippen LogP contribution in [0.25, 0.3) is 0 Å². The average Bonchev–Trinajstić information content (AvgIpc) is 3.25. The van der Waals surface area contributed by atoms with Gasteiger partial charge < -0.3 is 0 Å². The summed E-state index contributed by atoms with van der Waals surface area (Å²) in [6.07, 6.45) is 0. The molecule has 0 aliphatic rings. The quantitative estimate of drug-likeness (QED) is 0.138. The highest BCUT2D eigenvalue weighted by Crippen LogP contribution is 2.10.